The third kappa shape index (κ3) is 13.4. The van der Waals surface area contributed by atoms with Crippen molar-refractivity contribution in [1.82, 2.24) is 0 Å². The predicted molar refractivity (Wildman–Crippen MR) is 215 cm³/mol. The fraction of sp³-hybridized carbons (Fsp3) is 0.447. The minimum absolute atomic E-state index is 0.151. The molecule has 0 atom stereocenters. The maximum atomic E-state index is 13.6. The van der Waals surface area contributed by atoms with Gasteiger partial charge in [0.15, 0.2) is 11.6 Å². The van der Waals surface area contributed by atoms with Crippen LogP contribution in [0.25, 0.3) is 0 Å². The Bertz CT molecular complexity index is 1580. The number of carbonyl (C=O) groups is 2. The van der Waals surface area contributed by atoms with Gasteiger partial charge in [0.25, 0.3) is 0 Å². The highest BCUT2D eigenvalue weighted by Gasteiger charge is 2.22. The molecule has 6 heteroatoms. The fourth-order valence-corrected chi connectivity index (χ4v) is 6.57. The molecule has 0 heterocycles. The van der Waals surface area contributed by atoms with Gasteiger partial charge in [0, 0.05) is 29.7 Å². The Hall–Kier alpha value is -4.58. The lowest BCUT2D eigenvalue weighted by atomic mass is 9.94. The highest BCUT2D eigenvalue weighted by molar-refractivity contribution is 6.11. The second-order valence-electron chi connectivity index (χ2n) is 15.1. The SMILES string of the molecule is CC(C)CCCCCCCOc1cc(O)c(C(=O)c2ccccc2)cc1Cc1cc(C(=O)c2ccccc2)c(O)cc1OCCCCCCCC(C)C. The number of unbranched alkanes of at least 4 members (excludes halogenated alkanes) is 8. The molecule has 53 heavy (non-hydrogen) atoms. The molecule has 2 N–H and O–H groups in total. The van der Waals surface area contributed by atoms with Crippen molar-refractivity contribution in [2.75, 3.05) is 13.2 Å². The third-order valence-electron chi connectivity index (χ3n) is 9.67. The fourth-order valence-electron chi connectivity index (χ4n) is 6.57. The average Bonchev–Trinajstić information content (AvgIpc) is 3.15. The number of hydrogen-bond acceptors (Lipinski definition) is 6. The monoisotopic (exact) mass is 720 g/mol. The number of phenolic OH excluding ortho intramolecular Hbond substituents is 2. The molecule has 0 aliphatic rings. The Balaban J connectivity index is 1.61. The number of ketones is 2. The molecule has 0 aliphatic carbocycles. The van der Waals surface area contributed by atoms with Gasteiger partial charge in [-0.25, -0.2) is 0 Å². The summed E-state index contributed by atoms with van der Waals surface area (Å²) in [5.41, 5.74) is 2.63. The molecular weight excluding hydrogens is 661 g/mol. The largest absolute Gasteiger partial charge is 0.507 e. The number of phenols is 2. The van der Waals surface area contributed by atoms with Gasteiger partial charge in [0.2, 0.25) is 0 Å². The second kappa shape index (κ2) is 21.8. The lowest BCUT2D eigenvalue weighted by molar-refractivity contribution is 0.102. The van der Waals surface area contributed by atoms with Crippen molar-refractivity contribution in [3.8, 4) is 23.0 Å². The van der Waals surface area contributed by atoms with Crippen molar-refractivity contribution in [2.24, 2.45) is 11.8 Å². The van der Waals surface area contributed by atoms with E-state index in [4.69, 9.17) is 9.47 Å². The molecule has 0 fully saturated rings. The molecule has 6 nitrogen and oxygen atoms in total. The molecule has 0 radical (unpaired) electrons. The van der Waals surface area contributed by atoms with Crippen LogP contribution >= 0.6 is 0 Å². The normalized spacial score (nSPS) is 11.3. The van der Waals surface area contributed by atoms with Crippen LogP contribution in [0.4, 0.5) is 0 Å². The number of hydrogen-bond donors (Lipinski definition) is 2. The smallest absolute Gasteiger partial charge is 0.196 e. The van der Waals surface area contributed by atoms with Gasteiger partial charge in [-0.1, -0.05) is 153 Å². The van der Waals surface area contributed by atoms with Crippen LogP contribution in [0.15, 0.2) is 84.9 Å². The van der Waals surface area contributed by atoms with E-state index >= 15 is 0 Å². The minimum atomic E-state index is -0.298. The maximum Gasteiger partial charge on any atom is 0.196 e. The molecule has 4 rings (SSSR count). The molecular formula is C47H60O6. The van der Waals surface area contributed by atoms with Gasteiger partial charge in [-0.2, -0.15) is 0 Å². The molecule has 0 bridgehead atoms. The van der Waals surface area contributed by atoms with E-state index in [0.29, 0.717) is 47.0 Å². The van der Waals surface area contributed by atoms with Crippen molar-refractivity contribution >= 4 is 11.6 Å². The van der Waals surface area contributed by atoms with Crippen molar-refractivity contribution < 1.29 is 29.3 Å². The standard InChI is InChI=1S/C47H60O6/c1-34(2)21-13-7-5-9-19-27-52-44-32-42(48)40(46(50)36-23-15-11-16-24-36)30-38(44)29-39-31-41(47(51)37-25-17-12-18-26-37)43(49)33-45(39)53-28-20-10-6-8-14-22-35(3)4/h11-12,15-18,23-26,30-35,48-49H,5-10,13-14,19-22,27-29H2,1-4H3. The van der Waals surface area contributed by atoms with E-state index in [9.17, 15) is 19.8 Å². The van der Waals surface area contributed by atoms with Crippen LogP contribution in [0.5, 0.6) is 23.0 Å². The van der Waals surface area contributed by atoms with Gasteiger partial charge in [-0.15, -0.1) is 0 Å². The molecule has 4 aromatic rings. The second-order valence-corrected chi connectivity index (χ2v) is 15.1. The van der Waals surface area contributed by atoms with Crippen LogP contribution in [-0.2, 0) is 6.42 Å². The summed E-state index contributed by atoms with van der Waals surface area (Å²) in [7, 11) is 0. The first-order valence-corrected chi connectivity index (χ1v) is 19.8. The van der Waals surface area contributed by atoms with Crippen LogP contribution < -0.4 is 9.47 Å². The van der Waals surface area contributed by atoms with Gasteiger partial charge in [-0.05, 0) is 47.9 Å². The lowest BCUT2D eigenvalue weighted by Gasteiger charge is -2.18. The topological polar surface area (TPSA) is 93.1 Å². The molecule has 0 spiro atoms. The number of aromatic hydroxyl groups is 2. The third-order valence-corrected chi connectivity index (χ3v) is 9.67. The Morgan fingerprint density at radius 3 is 1.25 bits per heavy atom. The number of ether oxygens (including phenoxy) is 2. The van der Waals surface area contributed by atoms with Crippen molar-refractivity contribution in [3.63, 3.8) is 0 Å². The van der Waals surface area contributed by atoms with E-state index in [0.717, 1.165) is 50.4 Å². The number of carbonyl (C=O) groups excluding carboxylic acids is 2. The molecule has 0 unspecified atom stereocenters. The first-order chi connectivity index (χ1) is 25.6. The van der Waals surface area contributed by atoms with Gasteiger partial charge in [0.1, 0.15) is 23.0 Å². The summed E-state index contributed by atoms with van der Waals surface area (Å²) in [4.78, 5) is 27.2. The molecule has 0 aliphatic heterocycles. The van der Waals surface area contributed by atoms with Crippen LogP contribution in [0.3, 0.4) is 0 Å². The van der Waals surface area contributed by atoms with E-state index in [1.165, 1.54) is 50.7 Å². The highest BCUT2D eigenvalue weighted by atomic mass is 16.5. The molecule has 284 valence electrons. The van der Waals surface area contributed by atoms with Crippen molar-refractivity contribution in [1.29, 1.82) is 0 Å². The van der Waals surface area contributed by atoms with Crippen LogP contribution in [-0.4, -0.2) is 35.0 Å². The van der Waals surface area contributed by atoms with Crippen LogP contribution in [0, 0.1) is 11.8 Å². The molecule has 0 aromatic heterocycles. The summed E-state index contributed by atoms with van der Waals surface area (Å²) in [5.74, 6) is 1.49. The van der Waals surface area contributed by atoms with Gasteiger partial charge in [0.05, 0.1) is 24.3 Å². The molecule has 0 amide bonds. The lowest BCUT2D eigenvalue weighted by Crippen LogP contribution is -2.08. The van der Waals surface area contributed by atoms with E-state index < -0.39 is 0 Å². The van der Waals surface area contributed by atoms with Gasteiger partial charge >= 0.3 is 0 Å². The van der Waals surface area contributed by atoms with Crippen molar-refractivity contribution in [3.05, 3.63) is 118 Å². The first-order valence-electron chi connectivity index (χ1n) is 19.8. The molecule has 0 saturated carbocycles. The van der Waals surface area contributed by atoms with Gasteiger partial charge < -0.3 is 19.7 Å². The average molecular weight is 721 g/mol. The Labute approximate surface area is 317 Å². The zero-order chi connectivity index (χ0) is 38.0. The summed E-state index contributed by atoms with van der Waals surface area (Å²) in [6, 6.07) is 24.2. The summed E-state index contributed by atoms with van der Waals surface area (Å²) in [6.07, 6.45) is 13.7. The Morgan fingerprint density at radius 2 is 0.868 bits per heavy atom. The van der Waals surface area contributed by atoms with Crippen LogP contribution in [0.2, 0.25) is 0 Å². The highest BCUT2D eigenvalue weighted by Crippen LogP contribution is 2.37. The quantitative estimate of drug-likeness (QED) is 0.0553. The predicted octanol–water partition coefficient (Wildman–Crippen LogP) is 11.9. The zero-order valence-electron chi connectivity index (χ0n) is 32.4. The van der Waals surface area contributed by atoms with E-state index in [2.05, 4.69) is 27.7 Å². The zero-order valence-corrected chi connectivity index (χ0v) is 32.4. The van der Waals surface area contributed by atoms with E-state index in [1.807, 2.05) is 12.1 Å². The van der Waals surface area contributed by atoms with Crippen LogP contribution in [0.1, 0.15) is 148 Å². The summed E-state index contributed by atoms with van der Waals surface area (Å²) in [6.45, 7) is 9.96. The Kier molecular flexibility index (Phi) is 17.0. The van der Waals surface area contributed by atoms with E-state index in [1.54, 1.807) is 60.7 Å². The maximum absolute atomic E-state index is 13.6. The molecule has 0 saturated heterocycles. The summed E-state index contributed by atoms with van der Waals surface area (Å²) >= 11 is 0. The first kappa shape index (κ1) is 41.2. The summed E-state index contributed by atoms with van der Waals surface area (Å²) < 4.78 is 12.6. The minimum Gasteiger partial charge on any atom is -0.507 e. The van der Waals surface area contributed by atoms with E-state index in [-0.39, 0.29) is 40.6 Å². The van der Waals surface area contributed by atoms with Crippen molar-refractivity contribution in [2.45, 2.75) is 111 Å². The Morgan fingerprint density at radius 1 is 0.509 bits per heavy atom. The number of rotatable bonds is 24. The number of benzene rings is 4. The molecule has 4 aromatic carbocycles. The van der Waals surface area contributed by atoms with Gasteiger partial charge in [-0.3, -0.25) is 9.59 Å². The summed E-state index contributed by atoms with van der Waals surface area (Å²) in [5, 5.41) is 22.3.